The molecule has 3 N–H and O–H groups in total. The van der Waals surface area contributed by atoms with Gasteiger partial charge in [-0.15, -0.1) is 0 Å². The van der Waals surface area contributed by atoms with Crippen LogP contribution < -0.4 is 16.0 Å². The van der Waals surface area contributed by atoms with Gasteiger partial charge in [0.1, 0.15) is 6.29 Å². The number of nitrogens with zero attached hydrogens (tertiary/aromatic N) is 1. The molecule has 1 aliphatic heterocycles. The molecule has 0 aromatic heterocycles. The van der Waals surface area contributed by atoms with Crippen molar-refractivity contribution in [3.63, 3.8) is 0 Å². The molecule has 11 nitrogen and oxygen atoms in total. The molecule has 1 saturated heterocycles. The van der Waals surface area contributed by atoms with Crippen molar-refractivity contribution in [2.75, 3.05) is 19.6 Å². The number of carbonyl (C=O) groups excluding carboxylic acids is 6. The minimum Gasteiger partial charge on any atom is -0.421 e. The number of hydrogen-bond acceptors (Lipinski definition) is 7. The van der Waals surface area contributed by atoms with Crippen molar-refractivity contribution in [1.82, 2.24) is 20.9 Å². The zero-order valence-electron chi connectivity index (χ0n) is 22.5. The van der Waals surface area contributed by atoms with E-state index in [9.17, 15) is 28.8 Å². The van der Waals surface area contributed by atoms with Gasteiger partial charge in [-0.3, -0.25) is 9.59 Å². The van der Waals surface area contributed by atoms with Gasteiger partial charge >= 0.3 is 12.0 Å². The molecular formula is C26H36N4NaO7. The van der Waals surface area contributed by atoms with Crippen LogP contribution in [0, 0.1) is 5.92 Å². The molecule has 1 aromatic rings. The summed E-state index contributed by atoms with van der Waals surface area (Å²) in [5.41, 5.74) is 0.287. The summed E-state index contributed by atoms with van der Waals surface area (Å²) in [6.45, 7) is 7.75. The van der Waals surface area contributed by atoms with Crippen LogP contribution in [0.3, 0.4) is 0 Å². The molecule has 2 rings (SSSR count). The predicted octanol–water partition coefficient (Wildman–Crippen LogP) is 1.22. The average molecular weight is 540 g/mol. The SMILES string of the molecule is CC(C)C1CCCN1C(=O)NCCC=O.CCCNC(=O)C(NC(=O)c1ccccc1)C(=O)OC=C=O.[Na]. The second kappa shape index (κ2) is 20.0. The number of benzene rings is 1. The smallest absolute Gasteiger partial charge is 0.344 e. The fourth-order valence-electron chi connectivity index (χ4n) is 3.61. The quantitative estimate of drug-likeness (QED) is 0.0728. The monoisotopic (exact) mass is 539 g/mol. The molecule has 203 valence electrons. The molecule has 1 aliphatic rings. The van der Waals surface area contributed by atoms with Gasteiger partial charge in [-0.25, -0.2) is 14.4 Å². The largest absolute Gasteiger partial charge is 0.421 e. The number of aldehydes is 1. The van der Waals surface area contributed by atoms with E-state index < -0.39 is 23.8 Å². The Bertz CT molecular complexity index is 952. The summed E-state index contributed by atoms with van der Waals surface area (Å²) in [5.74, 6) is -0.626. The van der Waals surface area contributed by atoms with Crippen LogP contribution in [0.4, 0.5) is 4.79 Å². The van der Waals surface area contributed by atoms with E-state index in [4.69, 9.17) is 0 Å². The molecular weight excluding hydrogens is 503 g/mol. The summed E-state index contributed by atoms with van der Waals surface area (Å²) in [5, 5.41) is 7.52. The van der Waals surface area contributed by atoms with E-state index in [1.54, 1.807) is 18.2 Å². The van der Waals surface area contributed by atoms with Crippen molar-refractivity contribution in [1.29, 1.82) is 0 Å². The molecule has 1 heterocycles. The first kappa shape index (κ1) is 35.0. The Balaban J connectivity index is 0.000000750. The number of hydrogen-bond donors (Lipinski definition) is 3. The first-order chi connectivity index (χ1) is 17.8. The molecule has 0 spiro atoms. The van der Waals surface area contributed by atoms with Crippen LogP contribution in [-0.4, -0.2) is 102 Å². The van der Waals surface area contributed by atoms with E-state index in [2.05, 4.69) is 34.5 Å². The zero-order chi connectivity index (χ0) is 27.6. The molecule has 4 amide bonds. The van der Waals surface area contributed by atoms with Crippen molar-refractivity contribution >= 4 is 65.6 Å². The Morgan fingerprint density at radius 3 is 2.39 bits per heavy atom. The fourth-order valence-corrected chi connectivity index (χ4v) is 3.61. The molecule has 2 atom stereocenters. The van der Waals surface area contributed by atoms with Crippen molar-refractivity contribution in [3.8, 4) is 0 Å². The van der Waals surface area contributed by atoms with Gasteiger partial charge in [0, 0.05) is 67.2 Å². The van der Waals surface area contributed by atoms with E-state index in [-0.39, 0.29) is 41.2 Å². The van der Waals surface area contributed by atoms with Gasteiger partial charge in [-0.2, -0.15) is 0 Å². The van der Waals surface area contributed by atoms with Crippen molar-refractivity contribution < 1.29 is 33.5 Å². The van der Waals surface area contributed by atoms with Gasteiger partial charge in [0.25, 0.3) is 11.8 Å². The standard InChI is InChI=1S/C15H16N2O5.C11H20N2O2.Na/c1-2-8-16-14(20)12(15(21)22-10-9-18)17-13(19)11-6-4-3-5-7-11;1-9(2)10-5-3-7-13(10)11(15)12-6-4-8-14;/h3-7,10,12H,2,8H2,1H3,(H,16,20)(H,17,19);8-10H,3-7H2,1-2H3,(H,12,15);. The van der Waals surface area contributed by atoms with E-state index in [1.165, 1.54) is 18.1 Å². The van der Waals surface area contributed by atoms with Crippen LogP contribution in [0.25, 0.3) is 0 Å². The van der Waals surface area contributed by atoms with E-state index in [1.807, 2.05) is 11.8 Å². The Labute approximate surface area is 245 Å². The third-order valence-corrected chi connectivity index (χ3v) is 5.45. The summed E-state index contributed by atoms with van der Waals surface area (Å²) in [4.78, 5) is 69.5. The second-order valence-corrected chi connectivity index (χ2v) is 8.57. The third kappa shape index (κ3) is 12.5. The van der Waals surface area contributed by atoms with Gasteiger partial charge < -0.3 is 30.4 Å². The van der Waals surface area contributed by atoms with Crippen molar-refractivity contribution in [2.45, 2.75) is 58.5 Å². The first-order valence-electron chi connectivity index (χ1n) is 12.3. The van der Waals surface area contributed by atoms with Gasteiger partial charge in [-0.05, 0) is 37.3 Å². The Kier molecular flexibility index (Phi) is 18.5. The molecule has 12 heteroatoms. The Morgan fingerprint density at radius 1 is 1.13 bits per heavy atom. The Morgan fingerprint density at radius 2 is 1.82 bits per heavy atom. The van der Waals surface area contributed by atoms with Crippen LogP contribution >= 0.6 is 0 Å². The Hall–Kier alpha value is -2.98. The summed E-state index contributed by atoms with van der Waals surface area (Å²) in [7, 11) is 0. The van der Waals surface area contributed by atoms with Crippen LogP contribution in [0.1, 0.15) is 56.8 Å². The van der Waals surface area contributed by atoms with Crippen LogP contribution in [-0.2, 0) is 23.9 Å². The minimum absolute atomic E-state index is 0. The van der Waals surface area contributed by atoms with Crippen LogP contribution in [0.15, 0.2) is 36.6 Å². The van der Waals surface area contributed by atoms with Gasteiger partial charge in [-0.1, -0.05) is 39.0 Å². The number of carbonyl (C=O) groups is 5. The zero-order valence-corrected chi connectivity index (χ0v) is 24.5. The van der Waals surface area contributed by atoms with Gasteiger partial charge in [0.15, 0.2) is 12.2 Å². The summed E-state index contributed by atoms with van der Waals surface area (Å²) in [6, 6.07) is 6.88. The van der Waals surface area contributed by atoms with Crippen LogP contribution in [0.2, 0.25) is 0 Å². The number of urea groups is 1. The molecule has 0 bridgehead atoms. The number of likely N-dealkylation sites (tertiary alicyclic amines) is 1. The molecule has 0 saturated carbocycles. The summed E-state index contributed by atoms with van der Waals surface area (Å²) >= 11 is 0. The molecule has 1 aromatic carbocycles. The molecule has 2 unspecified atom stereocenters. The molecule has 1 fully saturated rings. The van der Waals surface area contributed by atoms with Crippen molar-refractivity contribution in [2.24, 2.45) is 5.92 Å². The summed E-state index contributed by atoms with van der Waals surface area (Å²) in [6.07, 6.45) is 4.55. The topological polar surface area (TPSA) is 151 Å². The van der Waals surface area contributed by atoms with E-state index >= 15 is 0 Å². The maximum Gasteiger partial charge on any atom is 0.344 e. The molecule has 1 radical (unpaired) electrons. The minimum atomic E-state index is -1.55. The third-order valence-electron chi connectivity index (χ3n) is 5.45. The maximum atomic E-state index is 12.0. The van der Waals surface area contributed by atoms with E-state index in [0.717, 1.165) is 25.7 Å². The average Bonchev–Trinajstić information content (AvgIpc) is 3.40. The van der Waals surface area contributed by atoms with Crippen molar-refractivity contribution in [3.05, 3.63) is 42.2 Å². The maximum absolute atomic E-state index is 12.0. The van der Waals surface area contributed by atoms with Gasteiger partial charge in [0.2, 0.25) is 6.04 Å². The number of esters is 1. The van der Waals surface area contributed by atoms with Gasteiger partial charge in [0.05, 0.1) is 0 Å². The summed E-state index contributed by atoms with van der Waals surface area (Å²) < 4.78 is 4.43. The molecule has 0 aliphatic carbocycles. The predicted molar refractivity (Wildman–Crippen MR) is 142 cm³/mol. The first-order valence-corrected chi connectivity index (χ1v) is 12.3. The number of ether oxygens (including phenoxy) is 1. The molecule has 38 heavy (non-hydrogen) atoms. The van der Waals surface area contributed by atoms with Crippen LogP contribution in [0.5, 0.6) is 0 Å². The van der Waals surface area contributed by atoms with E-state index in [0.29, 0.717) is 44.2 Å². The normalized spacial score (nSPS) is 14.4. The number of rotatable bonds is 11. The second-order valence-electron chi connectivity index (χ2n) is 8.57. The fraction of sp³-hybridized carbons (Fsp3) is 0.500. The number of amides is 4. The number of nitrogens with one attached hydrogen (secondary N) is 3.